The van der Waals surface area contributed by atoms with Crippen LogP contribution in [0.1, 0.15) is 61.9 Å². The second-order valence-corrected chi connectivity index (χ2v) is 12.1. The van der Waals surface area contributed by atoms with Crippen LogP contribution in [0.25, 0.3) is 0 Å². The molecular weight excluding hydrogens is 584 g/mol. The van der Waals surface area contributed by atoms with E-state index in [-0.39, 0.29) is 48.8 Å². The first-order chi connectivity index (χ1) is 22.2. The molecule has 0 aliphatic carbocycles. The Labute approximate surface area is 271 Å². The van der Waals surface area contributed by atoms with Crippen LogP contribution in [0.5, 0.6) is 5.75 Å². The highest BCUT2D eigenvalue weighted by molar-refractivity contribution is 6.01. The monoisotopic (exact) mass is 630 g/mol. The van der Waals surface area contributed by atoms with Gasteiger partial charge in [0.2, 0.25) is 11.8 Å². The van der Waals surface area contributed by atoms with E-state index in [0.29, 0.717) is 73.7 Å². The van der Waals surface area contributed by atoms with Gasteiger partial charge in [0.15, 0.2) is 5.75 Å². The van der Waals surface area contributed by atoms with E-state index in [1.807, 2.05) is 45.2 Å². The van der Waals surface area contributed by atoms with Crippen molar-refractivity contribution < 1.29 is 24.2 Å². The molecule has 11 nitrogen and oxygen atoms in total. The van der Waals surface area contributed by atoms with Gasteiger partial charge in [-0.05, 0) is 68.8 Å². The number of fused-ring (bicyclic) bond motifs is 1. The Kier molecular flexibility index (Phi) is 12.5. The lowest BCUT2D eigenvalue weighted by molar-refractivity contribution is -0.116. The average Bonchev–Trinajstić information content (AvgIpc) is 3.04. The fraction of sp³-hybridized carbons (Fsp3) is 0.429. The number of nitrogens with two attached hydrogens (primary N) is 1. The zero-order chi connectivity index (χ0) is 33.1. The van der Waals surface area contributed by atoms with Crippen LogP contribution < -0.4 is 21.1 Å². The van der Waals surface area contributed by atoms with E-state index >= 15 is 0 Å². The number of anilines is 3. The molecule has 0 saturated heterocycles. The molecule has 1 aromatic heterocycles. The Balaban J connectivity index is 1.41. The number of para-hydroxylation sites is 3. The van der Waals surface area contributed by atoms with Gasteiger partial charge in [0.05, 0.1) is 35.3 Å². The molecule has 246 valence electrons. The molecule has 2 heterocycles. The maximum absolute atomic E-state index is 13.7. The first-order valence-electron chi connectivity index (χ1n) is 15.9. The lowest BCUT2D eigenvalue weighted by Crippen LogP contribution is -2.49. The van der Waals surface area contributed by atoms with Gasteiger partial charge in [0, 0.05) is 50.8 Å². The highest BCUT2D eigenvalue weighted by Crippen LogP contribution is 2.35. The van der Waals surface area contributed by atoms with E-state index < -0.39 is 0 Å². The molecule has 5 N–H and O–H groups in total. The van der Waals surface area contributed by atoms with E-state index in [1.54, 1.807) is 47.6 Å². The number of likely N-dealkylation sites (N-methyl/N-ethyl adjacent to an activating group) is 1. The van der Waals surface area contributed by atoms with Crippen LogP contribution in [0.3, 0.4) is 0 Å². The van der Waals surface area contributed by atoms with Crippen LogP contribution in [0.2, 0.25) is 0 Å². The van der Waals surface area contributed by atoms with Crippen molar-refractivity contribution in [3.63, 3.8) is 0 Å². The number of nitrogens with one attached hydrogen (secondary N) is 2. The number of carbonyl (C=O) groups is 3. The zero-order valence-electron chi connectivity index (χ0n) is 26.9. The number of amides is 3. The summed E-state index contributed by atoms with van der Waals surface area (Å²) in [4.78, 5) is 47.0. The number of aliphatic hydroxyl groups is 1. The van der Waals surface area contributed by atoms with Gasteiger partial charge < -0.3 is 31.1 Å². The summed E-state index contributed by atoms with van der Waals surface area (Å²) in [5.74, 6) is -0.301. The van der Waals surface area contributed by atoms with Crippen molar-refractivity contribution in [2.24, 2.45) is 5.92 Å². The van der Waals surface area contributed by atoms with Crippen molar-refractivity contribution in [3.05, 3.63) is 78.1 Å². The second kappa shape index (κ2) is 16.7. The van der Waals surface area contributed by atoms with Crippen LogP contribution in [-0.2, 0) is 16.1 Å². The summed E-state index contributed by atoms with van der Waals surface area (Å²) in [6, 6.07) is 15.8. The average molecular weight is 631 g/mol. The summed E-state index contributed by atoms with van der Waals surface area (Å²) in [7, 11) is 2.02. The topological polar surface area (TPSA) is 150 Å². The maximum Gasteiger partial charge on any atom is 0.258 e. The fourth-order valence-corrected chi connectivity index (χ4v) is 5.52. The minimum atomic E-state index is -0.388. The number of rotatable bonds is 14. The van der Waals surface area contributed by atoms with E-state index in [0.717, 1.165) is 5.56 Å². The van der Waals surface area contributed by atoms with E-state index in [9.17, 15) is 19.5 Å². The smallest absolute Gasteiger partial charge is 0.258 e. The molecule has 2 aromatic carbocycles. The third-order valence-corrected chi connectivity index (χ3v) is 8.20. The third kappa shape index (κ3) is 9.51. The number of nitrogen functional groups attached to an aromatic ring is 1. The molecule has 1 aliphatic heterocycles. The highest BCUT2D eigenvalue weighted by atomic mass is 16.5. The quantitative estimate of drug-likeness (QED) is 0.150. The number of aliphatic hydroxyl groups excluding tert-OH is 1. The van der Waals surface area contributed by atoms with Gasteiger partial charge in [0.25, 0.3) is 5.91 Å². The van der Waals surface area contributed by atoms with Crippen molar-refractivity contribution in [1.29, 1.82) is 0 Å². The van der Waals surface area contributed by atoms with Gasteiger partial charge in [-0.1, -0.05) is 31.5 Å². The van der Waals surface area contributed by atoms with Crippen LogP contribution >= 0.6 is 0 Å². The standard InChI is InChI=1S/C35H46N6O5/c1-24-20-41(25(2)23-42)35(45)27-10-9-13-30(34(27)46-31(24)22-40(3)21-26-16-18-37-19-17-26)39-33(44)15-6-4-5-14-32(43)38-29-12-8-7-11-28(29)36/h7-13,16-19,24-25,31,42H,4-6,14-15,20-23,36H2,1-3H3,(H,38,43)(H,39,44)/t24-,25+,31-/m1/s1. The molecule has 1 aliphatic rings. The fourth-order valence-electron chi connectivity index (χ4n) is 5.52. The number of hydrogen-bond acceptors (Lipinski definition) is 8. The number of nitrogens with zero attached hydrogens (tertiary/aromatic N) is 3. The van der Waals surface area contributed by atoms with Crippen molar-refractivity contribution in [1.82, 2.24) is 14.8 Å². The van der Waals surface area contributed by atoms with Crippen molar-refractivity contribution in [2.45, 2.75) is 64.6 Å². The second-order valence-electron chi connectivity index (χ2n) is 12.1. The summed E-state index contributed by atoms with van der Waals surface area (Å²) in [5, 5.41) is 15.7. The number of hydrogen-bond donors (Lipinski definition) is 4. The predicted octanol–water partition coefficient (Wildman–Crippen LogP) is 4.54. The molecule has 0 bridgehead atoms. The molecule has 0 fully saturated rings. The van der Waals surface area contributed by atoms with Gasteiger partial charge in [0.1, 0.15) is 6.10 Å². The summed E-state index contributed by atoms with van der Waals surface area (Å²) in [6.07, 6.45) is 5.75. The number of benzene rings is 2. The van der Waals surface area contributed by atoms with Gasteiger partial charge in [-0.3, -0.25) is 24.3 Å². The lowest BCUT2D eigenvalue weighted by Gasteiger charge is -2.38. The van der Waals surface area contributed by atoms with Gasteiger partial charge in [-0.25, -0.2) is 0 Å². The third-order valence-electron chi connectivity index (χ3n) is 8.20. The molecule has 3 atom stereocenters. The predicted molar refractivity (Wildman–Crippen MR) is 179 cm³/mol. The molecule has 0 saturated carbocycles. The van der Waals surface area contributed by atoms with Crippen LogP contribution in [0, 0.1) is 5.92 Å². The van der Waals surface area contributed by atoms with Gasteiger partial charge in [-0.2, -0.15) is 0 Å². The van der Waals surface area contributed by atoms with Crippen molar-refractivity contribution in [2.75, 3.05) is 43.1 Å². The summed E-state index contributed by atoms with van der Waals surface area (Å²) in [5.41, 5.74) is 8.90. The molecule has 4 rings (SSSR count). The summed E-state index contributed by atoms with van der Waals surface area (Å²) >= 11 is 0. The molecule has 0 radical (unpaired) electrons. The normalized spacial score (nSPS) is 17.0. The molecule has 11 heteroatoms. The molecular formula is C35H46N6O5. The van der Waals surface area contributed by atoms with Gasteiger partial charge in [-0.15, -0.1) is 0 Å². The number of carbonyl (C=O) groups excluding carboxylic acids is 3. The number of pyridine rings is 1. The number of ether oxygens (including phenoxy) is 1. The Morgan fingerprint density at radius 1 is 1.02 bits per heavy atom. The van der Waals surface area contributed by atoms with Crippen molar-refractivity contribution in [3.8, 4) is 5.75 Å². The molecule has 0 spiro atoms. The van der Waals surface area contributed by atoms with Crippen LogP contribution in [-0.4, -0.2) is 76.5 Å². The van der Waals surface area contributed by atoms with Crippen LogP contribution in [0.15, 0.2) is 67.0 Å². The van der Waals surface area contributed by atoms with Crippen molar-refractivity contribution >= 4 is 34.8 Å². The Morgan fingerprint density at radius 3 is 2.35 bits per heavy atom. The minimum absolute atomic E-state index is 0.0646. The largest absolute Gasteiger partial charge is 0.486 e. The Bertz CT molecular complexity index is 1470. The molecule has 3 amide bonds. The van der Waals surface area contributed by atoms with E-state index in [1.165, 1.54) is 0 Å². The first-order valence-corrected chi connectivity index (χ1v) is 15.9. The van der Waals surface area contributed by atoms with E-state index in [2.05, 4.69) is 20.5 Å². The van der Waals surface area contributed by atoms with Crippen LogP contribution in [0.4, 0.5) is 17.1 Å². The lowest BCUT2D eigenvalue weighted by atomic mass is 9.98. The highest BCUT2D eigenvalue weighted by Gasteiger charge is 2.34. The summed E-state index contributed by atoms with van der Waals surface area (Å²) < 4.78 is 6.62. The minimum Gasteiger partial charge on any atom is -0.486 e. The molecule has 46 heavy (non-hydrogen) atoms. The molecule has 3 aromatic rings. The van der Waals surface area contributed by atoms with E-state index in [4.69, 9.17) is 10.5 Å². The number of unbranched alkanes of at least 4 members (excludes halogenated alkanes) is 2. The van der Waals surface area contributed by atoms with Gasteiger partial charge >= 0.3 is 0 Å². The number of aromatic nitrogens is 1. The zero-order valence-corrected chi connectivity index (χ0v) is 26.9. The Hall–Kier alpha value is -4.48. The molecule has 0 unspecified atom stereocenters. The SMILES string of the molecule is C[C@@H]1CN([C@@H](C)CO)C(=O)c2cccc(NC(=O)CCCCCC(=O)Nc3ccccc3N)c2O[C@@H]1CN(C)Cc1ccncc1. The maximum atomic E-state index is 13.7. The Morgan fingerprint density at radius 2 is 1.67 bits per heavy atom. The summed E-state index contributed by atoms with van der Waals surface area (Å²) in [6.45, 7) is 5.38. The first kappa shape index (κ1) is 34.4.